The maximum atomic E-state index is 12.0. The Morgan fingerprint density at radius 2 is 2.04 bits per heavy atom. The van der Waals surface area contributed by atoms with Crippen molar-refractivity contribution in [2.24, 2.45) is 13.0 Å². The first-order valence-electron chi connectivity index (χ1n) is 7.91. The lowest BCUT2D eigenvalue weighted by Crippen LogP contribution is -2.54. The smallest absolute Gasteiger partial charge is 0.317 e. The molecule has 2 amide bonds. The molecule has 7 nitrogen and oxygen atoms in total. The number of likely N-dealkylation sites (tertiary alicyclic amines) is 1. The van der Waals surface area contributed by atoms with Gasteiger partial charge < -0.3 is 10.2 Å². The zero-order valence-corrected chi connectivity index (χ0v) is 13.6. The quantitative estimate of drug-likeness (QED) is 0.891. The first-order chi connectivity index (χ1) is 11.1. The third-order valence-electron chi connectivity index (χ3n) is 4.22. The highest BCUT2D eigenvalue weighted by Crippen LogP contribution is 2.20. The minimum absolute atomic E-state index is 0.000263. The molecule has 1 aliphatic heterocycles. The van der Waals surface area contributed by atoms with Crippen LogP contribution in [-0.2, 0) is 19.9 Å². The van der Waals surface area contributed by atoms with Crippen LogP contribution in [0.5, 0.6) is 0 Å². The third kappa shape index (κ3) is 3.85. The molecule has 2 aromatic rings. The van der Waals surface area contributed by atoms with Crippen molar-refractivity contribution < 1.29 is 4.79 Å². The molecule has 122 valence electrons. The summed E-state index contributed by atoms with van der Waals surface area (Å²) in [6.45, 7) is 4.29. The van der Waals surface area contributed by atoms with Gasteiger partial charge in [0, 0.05) is 33.1 Å². The maximum Gasteiger partial charge on any atom is 0.317 e. The lowest BCUT2D eigenvalue weighted by Gasteiger charge is -2.39. The molecular weight excluding hydrogens is 292 g/mol. The number of hydrogen-bond donors (Lipinski definition) is 1. The first kappa shape index (κ1) is 15.5. The Morgan fingerprint density at radius 3 is 2.70 bits per heavy atom. The maximum absolute atomic E-state index is 12.0. The van der Waals surface area contributed by atoms with E-state index < -0.39 is 0 Å². The highest BCUT2D eigenvalue weighted by molar-refractivity contribution is 5.75. The molecule has 7 heteroatoms. The van der Waals surface area contributed by atoms with Gasteiger partial charge in [0.1, 0.15) is 0 Å². The molecule has 0 saturated carbocycles. The van der Waals surface area contributed by atoms with Crippen molar-refractivity contribution in [3.8, 4) is 0 Å². The Balaban J connectivity index is 1.36. The Bertz CT molecular complexity index is 659. The Kier molecular flexibility index (Phi) is 4.55. The molecule has 1 aromatic carbocycles. The van der Waals surface area contributed by atoms with Gasteiger partial charge in [0.15, 0.2) is 5.82 Å². The molecule has 1 saturated heterocycles. The van der Waals surface area contributed by atoms with Crippen LogP contribution < -0.4 is 5.32 Å². The summed E-state index contributed by atoms with van der Waals surface area (Å²) < 4.78 is 1.62. The standard InChI is InChI=1S/C16H22N6O/c1-12-3-5-13(6-4-12)9-14-10-22(11-14)16(23)17-8-7-15-18-19-20-21(15)2/h3-6,14H,7-11H2,1-2H3,(H,17,23). The molecule has 0 unspecified atom stereocenters. The number of hydrogen-bond acceptors (Lipinski definition) is 4. The van der Waals surface area contributed by atoms with Crippen LogP contribution in [0.3, 0.4) is 0 Å². The number of urea groups is 1. The molecule has 0 spiro atoms. The summed E-state index contributed by atoms with van der Waals surface area (Å²) in [6.07, 6.45) is 1.67. The van der Waals surface area contributed by atoms with Crippen LogP contribution in [0, 0.1) is 12.8 Å². The molecule has 2 heterocycles. The van der Waals surface area contributed by atoms with Crippen LogP contribution in [0.4, 0.5) is 4.79 Å². The largest absolute Gasteiger partial charge is 0.338 e. The van der Waals surface area contributed by atoms with E-state index in [9.17, 15) is 4.79 Å². The Hall–Kier alpha value is -2.44. The van der Waals surface area contributed by atoms with Crippen LogP contribution in [-0.4, -0.2) is 50.8 Å². The number of carbonyl (C=O) groups is 1. The molecule has 1 aliphatic rings. The highest BCUT2D eigenvalue weighted by atomic mass is 16.2. The average Bonchev–Trinajstić information content (AvgIpc) is 2.89. The van der Waals surface area contributed by atoms with E-state index in [0.29, 0.717) is 18.9 Å². The molecule has 3 rings (SSSR count). The van der Waals surface area contributed by atoms with E-state index in [1.165, 1.54) is 11.1 Å². The van der Waals surface area contributed by atoms with Gasteiger partial charge in [-0.15, -0.1) is 5.10 Å². The molecule has 0 radical (unpaired) electrons. The van der Waals surface area contributed by atoms with Crippen LogP contribution >= 0.6 is 0 Å². The summed E-state index contributed by atoms with van der Waals surface area (Å²) in [7, 11) is 1.79. The number of amides is 2. The fourth-order valence-corrected chi connectivity index (χ4v) is 2.78. The average molecular weight is 314 g/mol. The number of nitrogens with zero attached hydrogens (tertiary/aromatic N) is 5. The molecular formula is C16H22N6O. The predicted molar refractivity (Wildman–Crippen MR) is 85.8 cm³/mol. The van der Waals surface area contributed by atoms with E-state index in [1.54, 1.807) is 11.7 Å². The van der Waals surface area contributed by atoms with Crippen LogP contribution in [0.2, 0.25) is 0 Å². The summed E-state index contributed by atoms with van der Waals surface area (Å²) in [5, 5.41) is 14.2. The molecule has 1 N–H and O–H groups in total. The topological polar surface area (TPSA) is 75.9 Å². The minimum atomic E-state index is 0.000263. The van der Waals surface area contributed by atoms with Gasteiger partial charge in [-0.3, -0.25) is 0 Å². The van der Waals surface area contributed by atoms with Crippen molar-refractivity contribution in [1.29, 1.82) is 0 Å². The van der Waals surface area contributed by atoms with Crippen molar-refractivity contribution in [3.05, 3.63) is 41.2 Å². The molecule has 1 aromatic heterocycles. The summed E-state index contributed by atoms with van der Waals surface area (Å²) in [5.74, 6) is 1.33. The zero-order valence-electron chi connectivity index (χ0n) is 13.6. The zero-order chi connectivity index (χ0) is 16.2. The van der Waals surface area contributed by atoms with Gasteiger partial charge in [-0.1, -0.05) is 29.8 Å². The van der Waals surface area contributed by atoms with Crippen molar-refractivity contribution in [3.63, 3.8) is 0 Å². The first-order valence-corrected chi connectivity index (χ1v) is 7.91. The molecule has 23 heavy (non-hydrogen) atoms. The molecule has 0 bridgehead atoms. The van der Waals surface area contributed by atoms with Gasteiger partial charge in [0.2, 0.25) is 0 Å². The molecule has 1 fully saturated rings. The Labute approximate surface area is 135 Å². The van der Waals surface area contributed by atoms with Crippen LogP contribution in [0.1, 0.15) is 17.0 Å². The molecule has 0 aliphatic carbocycles. The molecule has 0 atom stereocenters. The van der Waals surface area contributed by atoms with E-state index in [0.717, 1.165) is 25.3 Å². The second-order valence-electron chi connectivity index (χ2n) is 6.16. The Morgan fingerprint density at radius 1 is 1.30 bits per heavy atom. The number of carbonyl (C=O) groups excluding carboxylic acids is 1. The summed E-state index contributed by atoms with van der Waals surface area (Å²) in [5.41, 5.74) is 2.62. The van der Waals surface area contributed by atoms with Gasteiger partial charge in [-0.2, -0.15) is 0 Å². The second kappa shape index (κ2) is 6.76. The van der Waals surface area contributed by atoms with Gasteiger partial charge in [-0.25, -0.2) is 9.48 Å². The third-order valence-corrected chi connectivity index (χ3v) is 4.22. The number of benzene rings is 1. The number of aryl methyl sites for hydroxylation is 2. The fraction of sp³-hybridized carbons (Fsp3) is 0.500. The summed E-state index contributed by atoms with van der Waals surface area (Å²) in [6, 6.07) is 8.62. The van der Waals surface area contributed by atoms with Crippen molar-refractivity contribution >= 4 is 6.03 Å². The predicted octanol–water partition coefficient (Wildman–Crippen LogP) is 0.945. The van der Waals surface area contributed by atoms with E-state index in [1.807, 2.05) is 4.90 Å². The minimum Gasteiger partial charge on any atom is -0.338 e. The van der Waals surface area contributed by atoms with Gasteiger partial charge >= 0.3 is 6.03 Å². The summed E-state index contributed by atoms with van der Waals surface area (Å²) in [4.78, 5) is 13.9. The van der Waals surface area contributed by atoms with Crippen molar-refractivity contribution in [2.45, 2.75) is 19.8 Å². The highest BCUT2D eigenvalue weighted by Gasteiger charge is 2.30. The van der Waals surface area contributed by atoms with E-state index in [-0.39, 0.29) is 6.03 Å². The van der Waals surface area contributed by atoms with Crippen LogP contribution in [0.25, 0.3) is 0 Å². The van der Waals surface area contributed by atoms with Gasteiger partial charge in [0.05, 0.1) is 0 Å². The monoisotopic (exact) mass is 314 g/mol. The van der Waals surface area contributed by atoms with E-state index in [4.69, 9.17) is 0 Å². The van der Waals surface area contributed by atoms with E-state index in [2.05, 4.69) is 52.0 Å². The van der Waals surface area contributed by atoms with Crippen molar-refractivity contribution in [2.75, 3.05) is 19.6 Å². The number of nitrogens with one attached hydrogen (secondary N) is 1. The summed E-state index contributed by atoms with van der Waals surface area (Å²) >= 11 is 0. The van der Waals surface area contributed by atoms with Gasteiger partial charge in [0.25, 0.3) is 0 Å². The number of tetrazole rings is 1. The normalized spacial score (nSPS) is 14.6. The lowest BCUT2D eigenvalue weighted by atomic mass is 9.92. The fourth-order valence-electron chi connectivity index (χ4n) is 2.78. The van der Waals surface area contributed by atoms with E-state index >= 15 is 0 Å². The SMILES string of the molecule is Cc1ccc(CC2CN(C(=O)NCCc3nnnn3C)C2)cc1. The number of rotatable bonds is 5. The van der Waals surface area contributed by atoms with Gasteiger partial charge in [-0.05, 0) is 35.3 Å². The van der Waals surface area contributed by atoms with Crippen molar-refractivity contribution in [1.82, 2.24) is 30.4 Å². The van der Waals surface area contributed by atoms with Crippen LogP contribution in [0.15, 0.2) is 24.3 Å². The number of aromatic nitrogens is 4. The lowest BCUT2D eigenvalue weighted by molar-refractivity contribution is 0.121. The second-order valence-corrected chi connectivity index (χ2v) is 6.16.